The molecule has 21 heavy (non-hydrogen) atoms. The molecule has 0 fully saturated rings. The van der Waals surface area contributed by atoms with Gasteiger partial charge in [-0.2, -0.15) is 5.26 Å². The molecular formula is C18H25N3. The Balaban J connectivity index is 1.92. The summed E-state index contributed by atoms with van der Waals surface area (Å²) in [6, 6.07) is 7.10. The van der Waals surface area contributed by atoms with Crippen molar-refractivity contribution in [3.63, 3.8) is 0 Å². The van der Waals surface area contributed by atoms with Gasteiger partial charge in [-0.3, -0.25) is 0 Å². The van der Waals surface area contributed by atoms with Gasteiger partial charge in [0.2, 0.25) is 0 Å². The Morgan fingerprint density at radius 1 is 1.29 bits per heavy atom. The SMILES string of the molecule is CCCN(CCC)[C@@H]1Cc2c(C#N)ccc3c2[C@@H](CN3)C1. The lowest BCUT2D eigenvalue weighted by Gasteiger charge is -2.37. The topological polar surface area (TPSA) is 39.1 Å². The molecule has 1 N–H and O–H groups in total. The molecule has 1 heterocycles. The van der Waals surface area contributed by atoms with Crippen LogP contribution in [0.5, 0.6) is 0 Å². The van der Waals surface area contributed by atoms with Crippen LogP contribution in [0.4, 0.5) is 5.69 Å². The monoisotopic (exact) mass is 283 g/mol. The predicted octanol–water partition coefficient (Wildman–Crippen LogP) is 3.50. The summed E-state index contributed by atoms with van der Waals surface area (Å²) in [4.78, 5) is 2.65. The Labute approximate surface area is 128 Å². The van der Waals surface area contributed by atoms with Crippen molar-refractivity contribution in [1.29, 1.82) is 5.26 Å². The van der Waals surface area contributed by atoms with Gasteiger partial charge in [-0.1, -0.05) is 13.8 Å². The molecule has 3 heteroatoms. The fraction of sp³-hybridized carbons (Fsp3) is 0.611. The highest BCUT2D eigenvalue weighted by atomic mass is 15.2. The van der Waals surface area contributed by atoms with Gasteiger partial charge in [-0.05, 0) is 62.0 Å². The van der Waals surface area contributed by atoms with Crippen LogP contribution < -0.4 is 5.32 Å². The molecule has 1 aliphatic carbocycles. The Hall–Kier alpha value is -1.53. The van der Waals surface area contributed by atoms with E-state index < -0.39 is 0 Å². The lowest BCUT2D eigenvalue weighted by Crippen LogP contribution is -2.41. The van der Waals surface area contributed by atoms with Crippen LogP contribution in [0, 0.1) is 11.3 Å². The summed E-state index contributed by atoms with van der Waals surface area (Å²) in [5.41, 5.74) is 4.92. The van der Waals surface area contributed by atoms with Gasteiger partial charge in [0.15, 0.2) is 0 Å². The van der Waals surface area contributed by atoms with Crippen molar-refractivity contribution in [2.45, 2.75) is 51.5 Å². The molecule has 0 amide bonds. The summed E-state index contributed by atoms with van der Waals surface area (Å²) in [5.74, 6) is 0.596. The maximum absolute atomic E-state index is 9.44. The standard InChI is InChI=1S/C18H25N3/c1-3-7-21(8-4-2)15-9-14-12-20-17-6-5-13(11-19)16(10-15)18(14)17/h5-6,14-15,20H,3-4,7-10,12H2,1-2H3/t14-,15+/m1/s1. The first kappa shape index (κ1) is 14.4. The molecule has 0 saturated carbocycles. The van der Waals surface area contributed by atoms with Crippen molar-refractivity contribution >= 4 is 5.69 Å². The van der Waals surface area contributed by atoms with E-state index in [9.17, 15) is 5.26 Å². The van der Waals surface area contributed by atoms with Crippen molar-refractivity contribution in [2.75, 3.05) is 25.0 Å². The average molecular weight is 283 g/mol. The Bertz CT molecular complexity index is 552. The van der Waals surface area contributed by atoms with E-state index in [2.05, 4.69) is 36.2 Å². The van der Waals surface area contributed by atoms with Gasteiger partial charge in [0, 0.05) is 24.2 Å². The summed E-state index contributed by atoms with van der Waals surface area (Å²) in [7, 11) is 0. The molecular weight excluding hydrogens is 258 g/mol. The largest absolute Gasteiger partial charge is 0.384 e. The van der Waals surface area contributed by atoms with Gasteiger partial charge in [0.05, 0.1) is 11.6 Å². The highest BCUT2D eigenvalue weighted by molar-refractivity contribution is 5.65. The van der Waals surface area contributed by atoms with E-state index in [0.29, 0.717) is 12.0 Å². The Morgan fingerprint density at radius 2 is 2.05 bits per heavy atom. The molecule has 0 aromatic heterocycles. The number of nitrogens with one attached hydrogen (secondary N) is 1. The van der Waals surface area contributed by atoms with Crippen LogP contribution in [0.15, 0.2) is 12.1 Å². The van der Waals surface area contributed by atoms with Gasteiger partial charge >= 0.3 is 0 Å². The average Bonchev–Trinajstić information content (AvgIpc) is 2.92. The molecule has 0 radical (unpaired) electrons. The predicted molar refractivity (Wildman–Crippen MR) is 86.7 cm³/mol. The fourth-order valence-electron chi connectivity index (χ4n) is 4.12. The lowest BCUT2D eigenvalue weighted by molar-refractivity contribution is 0.172. The molecule has 3 nitrogen and oxygen atoms in total. The molecule has 112 valence electrons. The molecule has 3 rings (SSSR count). The van der Waals surface area contributed by atoms with Gasteiger partial charge < -0.3 is 10.2 Å². The summed E-state index contributed by atoms with van der Waals surface area (Å²) >= 11 is 0. The van der Waals surface area contributed by atoms with Crippen LogP contribution in [0.3, 0.4) is 0 Å². The van der Waals surface area contributed by atoms with E-state index in [1.54, 1.807) is 0 Å². The van der Waals surface area contributed by atoms with Crippen LogP contribution in [0.1, 0.15) is 55.7 Å². The smallest absolute Gasteiger partial charge is 0.0994 e. The minimum absolute atomic E-state index is 0.596. The number of rotatable bonds is 5. The normalized spacial score (nSPS) is 22.8. The molecule has 1 aromatic carbocycles. The van der Waals surface area contributed by atoms with Gasteiger partial charge in [-0.15, -0.1) is 0 Å². The van der Waals surface area contributed by atoms with Crippen molar-refractivity contribution in [1.82, 2.24) is 4.90 Å². The van der Waals surface area contributed by atoms with Gasteiger partial charge in [0.25, 0.3) is 0 Å². The first-order valence-electron chi connectivity index (χ1n) is 8.32. The molecule has 1 aromatic rings. The summed E-state index contributed by atoms with van der Waals surface area (Å²) < 4.78 is 0. The lowest BCUT2D eigenvalue weighted by atomic mass is 9.78. The summed E-state index contributed by atoms with van der Waals surface area (Å²) in [6.07, 6.45) is 4.70. The first-order valence-corrected chi connectivity index (χ1v) is 8.32. The molecule has 2 aliphatic rings. The third kappa shape index (κ3) is 2.53. The van der Waals surface area contributed by atoms with Crippen molar-refractivity contribution in [2.24, 2.45) is 0 Å². The maximum Gasteiger partial charge on any atom is 0.0994 e. The van der Waals surface area contributed by atoms with E-state index in [4.69, 9.17) is 0 Å². The summed E-state index contributed by atoms with van der Waals surface area (Å²) in [6.45, 7) is 7.91. The Morgan fingerprint density at radius 3 is 2.71 bits per heavy atom. The molecule has 0 unspecified atom stereocenters. The van der Waals surface area contributed by atoms with E-state index in [-0.39, 0.29) is 0 Å². The van der Waals surface area contributed by atoms with Crippen molar-refractivity contribution < 1.29 is 0 Å². The van der Waals surface area contributed by atoms with Gasteiger partial charge in [-0.25, -0.2) is 0 Å². The van der Waals surface area contributed by atoms with Crippen LogP contribution in [0.25, 0.3) is 0 Å². The van der Waals surface area contributed by atoms with Crippen LogP contribution >= 0.6 is 0 Å². The zero-order chi connectivity index (χ0) is 14.8. The van der Waals surface area contributed by atoms with E-state index >= 15 is 0 Å². The van der Waals surface area contributed by atoms with Gasteiger partial charge in [0.1, 0.15) is 0 Å². The number of benzene rings is 1. The van der Waals surface area contributed by atoms with E-state index in [1.165, 1.54) is 49.2 Å². The minimum atomic E-state index is 0.596. The number of hydrogen-bond acceptors (Lipinski definition) is 3. The molecule has 0 saturated heterocycles. The number of nitriles is 1. The van der Waals surface area contributed by atoms with Crippen LogP contribution in [0.2, 0.25) is 0 Å². The summed E-state index contributed by atoms with van der Waals surface area (Å²) in [5, 5.41) is 13.0. The fourth-order valence-corrected chi connectivity index (χ4v) is 4.12. The number of hydrogen-bond donors (Lipinski definition) is 1. The molecule has 0 bridgehead atoms. The number of nitrogens with zero attached hydrogens (tertiary/aromatic N) is 2. The van der Waals surface area contributed by atoms with E-state index in [1.807, 2.05) is 6.07 Å². The third-order valence-electron chi connectivity index (χ3n) is 4.96. The molecule has 1 aliphatic heterocycles. The second-order valence-corrected chi connectivity index (χ2v) is 6.37. The second-order valence-electron chi connectivity index (χ2n) is 6.37. The zero-order valence-electron chi connectivity index (χ0n) is 13.2. The first-order chi connectivity index (χ1) is 10.3. The zero-order valence-corrected chi connectivity index (χ0v) is 13.2. The Kier molecular flexibility index (Phi) is 4.17. The highest BCUT2D eigenvalue weighted by Gasteiger charge is 2.36. The number of anilines is 1. The minimum Gasteiger partial charge on any atom is -0.384 e. The maximum atomic E-state index is 9.44. The molecule has 2 atom stereocenters. The van der Waals surface area contributed by atoms with Crippen LogP contribution in [-0.4, -0.2) is 30.6 Å². The second kappa shape index (κ2) is 6.07. The van der Waals surface area contributed by atoms with Crippen molar-refractivity contribution in [3.05, 3.63) is 28.8 Å². The quantitative estimate of drug-likeness (QED) is 0.899. The third-order valence-corrected chi connectivity index (χ3v) is 4.96. The van der Waals surface area contributed by atoms with Crippen LogP contribution in [-0.2, 0) is 6.42 Å². The highest BCUT2D eigenvalue weighted by Crippen LogP contribution is 2.43. The molecule has 0 spiro atoms. The van der Waals surface area contributed by atoms with E-state index in [0.717, 1.165) is 18.5 Å². The van der Waals surface area contributed by atoms with Crippen molar-refractivity contribution in [3.8, 4) is 6.07 Å².